The topological polar surface area (TPSA) is 91.0 Å². The Labute approximate surface area is 216 Å². The molecular weight excluding hydrogens is 514 g/mol. The van der Waals surface area contributed by atoms with Crippen LogP contribution in [0.1, 0.15) is 28.9 Å². The highest BCUT2D eigenvalue weighted by molar-refractivity contribution is 7.18. The molecule has 0 spiro atoms. The summed E-state index contributed by atoms with van der Waals surface area (Å²) in [7, 11) is 0. The van der Waals surface area contributed by atoms with Crippen molar-refractivity contribution in [3.63, 3.8) is 0 Å². The van der Waals surface area contributed by atoms with Crippen molar-refractivity contribution >= 4 is 52.0 Å². The van der Waals surface area contributed by atoms with E-state index < -0.39 is 30.8 Å². The molecule has 0 bridgehead atoms. The number of carbonyl (C=O) groups is 3. The first-order valence-corrected chi connectivity index (χ1v) is 12.9. The summed E-state index contributed by atoms with van der Waals surface area (Å²) in [5.41, 5.74) is 1.13. The van der Waals surface area contributed by atoms with Crippen molar-refractivity contribution in [3.8, 4) is 0 Å². The lowest BCUT2D eigenvalue weighted by molar-refractivity contribution is -0.126. The fourth-order valence-corrected chi connectivity index (χ4v) is 5.18. The van der Waals surface area contributed by atoms with Crippen molar-refractivity contribution in [3.05, 3.63) is 45.6 Å². The van der Waals surface area contributed by atoms with Crippen LogP contribution in [0, 0.1) is 0 Å². The Morgan fingerprint density at radius 1 is 1.19 bits per heavy atom. The molecule has 194 valence electrons. The van der Waals surface area contributed by atoms with Crippen LogP contribution < -0.4 is 15.5 Å². The number of thiophene rings is 1. The van der Waals surface area contributed by atoms with E-state index in [0.29, 0.717) is 46.6 Å². The van der Waals surface area contributed by atoms with Crippen molar-refractivity contribution in [1.29, 1.82) is 0 Å². The summed E-state index contributed by atoms with van der Waals surface area (Å²) >= 11 is 7.00. The summed E-state index contributed by atoms with van der Waals surface area (Å²) in [6.45, 7) is 0.193. The van der Waals surface area contributed by atoms with Gasteiger partial charge < -0.3 is 20.3 Å². The highest BCUT2D eigenvalue weighted by atomic mass is 35.5. The molecule has 2 N–H and O–H groups in total. The molecule has 8 nitrogen and oxygen atoms in total. The normalized spacial score (nSPS) is 17.2. The van der Waals surface area contributed by atoms with Crippen LogP contribution in [0.4, 0.5) is 20.2 Å². The number of nitrogens with zero attached hydrogens (tertiary/aromatic N) is 2. The van der Waals surface area contributed by atoms with Crippen molar-refractivity contribution in [1.82, 2.24) is 10.2 Å². The minimum Gasteiger partial charge on any atom is -0.370 e. The van der Waals surface area contributed by atoms with Crippen molar-refractivity contribution in [2.45, 2.75) is 37.8 Å². The van der Waals surface area contributed by atoms with Gasteiger partial charge in [-0.2, -0.15) is 0 Å². The van der Waals surface area contributed by atoms with Crippen LogP contribution in [0.3, 0.4) is 0 Å². The Morgan fingerprint density at radius 2 is 1.94 bits per heavy atom. The maximum atomic E-state index is 13.5. The van der Waals surface area contributed by atoms with Gasteiger partial charge in [0.15, 0.2) is 0 Å². The summed E-state index contributed by atoms with van der Waals surface area (Å²) < 4.78 is 32.5. The minimum atomic E-state index is -2.63. The van der Waals surface area contributed by atoms with Gasteiger partial charge in [0.2, 0.25) is 5.91 Å². The van der Waals surface area contributed by atoms with Crippen LogP contribution in [-0.2, 0) is 14.3 Å². The van der Waals surface area contributed by atoms with Gasteiger partial charge in [-0.1, -0.05) is 18.0 Å². The predicted octanol–water partition coefficient (Wildman–Crippen LogP) is 3.62. The van der Waals surface area contributed by atoms with Crippen LogP contribution in [0.5, 0.6) is 0 Å². The first kappa shape index (κ1) is 26.5. The molecule has 36 heavy (non-hydrogen) atoms. The highest BCUT2D eigenvalue weighted by Gasteiger charge is 2.36. The second kappa shape index (κ2) is 12.1. The molecule has 0 radical (unpaired) electrons. The molecule has 1 aromatic heterocycles. The Balaban J connectivity index is 1.47. The van der Waals surface area contributed by atoms with Gasteiger partial charge >= 0.3 is 0 Å². The average Bonchev–Trinajstić information content (AvgIpc) is 3.25. The number of carbonyl (C=O) groups excluding carboxylic acids is 3. The highest BCUT2D eigenvalue weighted by Crippen LogP contribution is 2.28. The summed E-state index contributed by atoms with van der Waals surface area (Å²) in [4.78, 5) is 41.4. The number of hydrogen-bond donors (Lipinski definition) is 2. The van der Waals surface area contributed by atoms with Crippen LogP contribution in [0.15, 0.2) is 36.4 Å². The largest absolute Gasteiger partial charge is 0.370 e. The van der Waals surface area contributed by atoms with Gasteiger partial charge in [0.05, 0.1) is 22.4 Å². The van der Waals surface area contributed by atoms with Crippen molar-refractivity contribution < 1.29 is 27.9 Å². The third-order valence-electron chi connectivity index (χ3n) is 6.28. The molecule has 1 aromatic carbocycles. The number of amides is 3. The lowest BCUT2D eigenvalue weighted by Gasteiger charge is -2.41. The van der Waals surface area contributed by atoms with Crippen LogP contribution in [0.2, 0.25) is 4.34 Å². The number of benzene rings is 1. The zero-order valence-electron chi connectivity index (χ0n) is 19.4. The van der Waals surface area contributed by atoms with E-state index >= 15 is 0 Å². The van der Waals surface area contributed by atoms with E-state index in [0.717, 1.165) is 17.8 Å². The number of ether oxygens (including phenoxy) is 1. The molecule has 2 aromatic rings. The molecule has 1 atom stereocenters. The summed E-state index contributed by atoms with van der Waals surface area (Å²) in [5, 5.41) is 5.49. The zero-order chi connectivity index (χ0) is 25.7. The minimum absolute atomic E-state index is 0.0186. The molecule has 2 aliphatic rings. The van der Waals surface area contributed by atoms with Crippen molar-refractivity contribution in [2.24, 2.45) is 0 Å². The molecule has 3 amide bonds. The number of hydrogen-bond acceptors (Lipinski definition) is 6. The first-order valence-electron chi connectivity index (χ1n) is 11.7. The Morgan fingerprint density at radius 3 is 2.53 bits per heavy atom. The maximum Gasteiger partial charge on any atom is 0.261 e. The molecule has 4 rings (SSSR count). The SMILES string of the molecule is O=C(NC[C@H](C(=O)Nc1ccc(N2CCOCC2=O)cc1)N(CC(F)F)C1CCC1)c1ccc(Cl)s1. The second-order valence-electron chi connectivity index (χ2n) is 8.64. The maximum absolute atomic E-state index is 13.5. The van der Waals surface area contributed by atoms with Gasteiger partial charge in [0.1, 0.15) is 12.6 Å². The van der Waals surface area contributed by atoms with Crippen LogP contribution >= 0.6 is 22.9 Å². The van der Waals surface area contributed by atoms with Gasteiger partial charge in [0, 0.05) is 30.5 Å². The first-order chi connectivity index (χ1) is 17.3. The number of alkyl halides is 2. The van der Waals surface area contributed by atoms with Gasteiger partial charge in [-0.05, 0) is 49.2 Å². The van der Waals surface area contributed by atoms with Crippen LogP contribution in [0.25, 0.3) is 0 Å². The van der Waals surface area contributed by atoms with E-state index in [4.69, 9.17) is 16.3 Å². The van der Waals surface area contributed by atoms with Gasteiger partial charge in [-0.15, -0.1) is 11.3 Å². The molecular formula is C24H27ClF2N4O4S. The van der Waals surface area contributed by atoms with E-state index in [9.17, 15) is 23.2 Å². The summed E-state index contributed by atoms with van der Waals surface area (Å²) in [5.74, 6) is -1.07. The number of nitrogens with one attached hydrogen (secondary N) is 2. The molecule has 2 heterocycles. The number of morpholine rings is 1. The quantitative estimate of drug-likeness (QED) is 0.480. The average molecular weight is 541 g/mol. The lowest BCUT2D eigenvalue weighted by Crippen LogP contribution is -2.57. The molecule has 1 saturated heterocycles. The molecule has 1 aliphatic heterocycles. The molecule has 12 heteroatoms. The Kier molecular flexibility index (Phi) is 8.89. The molecule has 0 unspecified atom stereocenters. The lowest BCUT2D eigenvalue weighted by atomic mass is 9.90. The van der Waals surface area contributed by atoms with Gasteiger partial charge in [0.25, 0.3) is 18.2 Å². The van der Waals surface area contributed by atoms with Crippen LogP contribution in [-0.4, -0.2) is 74.0 Å². The van der Waals surface area contributed by atoms with E-state index in [2.05, 4.69) is 10.6 Å². The summed E-state index contributed by atoms with van der Waals surface area (Å²) in [6.07, 6.45) is -0.292. The number of anilines is 2. The third kappa shape index (κ3) is 6.58. The summed E-state index contributed by atoms with van der Waals surface area (Å²) in [6, 6.07) is 8.73. The molecule has 2 fully saturated rings. The molecule has 1 aliphatic carbocycles. The fourth-order valence-electron chi connectivity index (χ4n) is 4.22. The van der Waals surface area contributed by atoms with Gasteiger partial charge in [-0.3, -0.25) is 19.3 Å². The Bertz CT molecular complexity index is 1080. The second-order valence-corrected chi connectivity index (χ2v) is 10.4. The smallest absolute Gasteiger partial charge is 0.261 e. The monoisotopic (exact) mass is 540 g/mol. The van der Waals surface area contributed by atoms with E-state index in [1.165, 1.54) is 4.90 Å². The standard InChI is InChI=1S/C24H27ClF2N4O4S/c25-20-9-8-19(36-20)24(34)28-12-18(31(13-21(26)27)16-2-1-3-16)23(33)29-15-4-6-17(7-5-15)30-10-11-35-14-22(30)32/h4-9,16,18,21H,1-3,10-14H2,(H,28,34)(H,29,33)/t18-/m1/s1. The van der Waals surface area contributed by atoms with E-state index in [-0.39, 0.29) is 25.1 Å². The Hall–Kier alpha value is -2.60. The predicted molar refractivity (Wildman–Crippen MR) is 134 cm³/mol. The number of rotatable bonds is 10. The van der Waals surface area contributed by atoms with Crippen molar-refractivity contribution in [2.75, 3.05) is 43.1 Å². The number of halogens is 3. The van der Waals surface area contributed by atoms with E-state index in [1.807, 2.05) is 0 Å². The third-order valence-corrected chi connectivity index (χ3v) is 7.51. The zero-order valence-corrected chi connectivity index (χ0v) is 21.0. The van der Waals surface area contributed by atoms with Gasteiger partial charge in [-0.25, -0.2) is 8.78 Å². The van der Waals surface area contributed by atoms with E-state index in [1.54, 1.807) is 41.3 Å². The fraction of sp³-hybridized carbons (Fsp3) is 0.458. The molecule has 1 saturated carbocycles.